The molecule has 26 heavy (non-hydrogen) atoms. The number of fused-ring (bicyclic) bond motifs is 3. The summed E-state index contributed by atoms with van der Waals surface area (Å²) in [6, 6.07) is 31.2. The second-order valence-corrected chi connectivity index (χ2v) is 6.33. The standard InChI is InChI=1S/C24H16N2/c1-3-9-17(10-4-1)21-15-23-22(20-14-8-7-13-19(20)21)16-25-24(26-23)18-11-5-2-6-12-18/h1-16H. The molecule has 0 saturated carbocycles. The Hall–Kier alpha value is -3.52. The van der Waals surface area contributed by atoms with Crippen LogP contribution in [0, 0.1) is 0 Å². The van der Waals surface area contributed by atoms with E-state index >= 15 is 0 Å². The summed E-state index contributed by atoms with van der Waals surface area (Å²) in [5.74, 6) is 0.757. The first-order chi connectivity index (χ1) is 12.9. The number of hydrogen-bond donors (Lipinski definition) is 0. The Morgan fingerprint density at radius 2 is 1.15 bits per heavy atom. The molecule has 5 aromatic rings. The summed E-state index contributed by atoms with van der Waals surface area (Å²) < 4.78 is 0. The minimum Gasteiger partial charge on any atom is -0.236 e. The molecule has 0 aliphatic carbocycles. The molecule has 0 aliphatic heterocycles. The monoisotopic (exact) mass is 332 g/mol. The summed E-state index contributed by atoms with van der Waals surface area (Å²) in [5.41, 5.74) is 4.40. The van der Waals surface area contributed by atoms with Crippen molar-refractivity contribution in [1.29, 1.82) is 0 Å². The van der Waals surface area contributed by atoms with E-state index in [1.54, 1.807) is 0 Å². The van der Waals surface area contributed by atoms with Crippen LogP contribution in [0.15, 0.2) is 97.2 Å². The predicted molar refractivity (Wildman–Crippen MR) is 108 cm³/mol. The van der Waals surface area contributed by atoms with Crippen molar-refractivity contribution in [3.63, 3.8) is 0 Å². The van der Waals surface area contributed by atoms with Gasteiger partial charge in [0.1, 0.15) is 0 Å². The normalized spacial score (nSPS) is 11.1. The molecular weight excluding hydrogens is 316 g/mol. The second-order valence-electron chi connectivity index (χ2n) is 6.33. The largest absolute Gasteiger partial charge is 0.236 e. The van der Waals surface area contributed by atoms with Crippen molar-refractivity contribution in [2.45, 2.75) is 0 Å². The van der Waals surface area contributed by atoms with Crippen LogP contribution in [0.5, 0.6) is 0 Å². The zero-order valence-electron chi connectivity index (χ0n) is 14.1. The second kappa shape index (κ2) is 6.08. The van der Waals surface area contributed by atoms with Crippen LogP contribution in [0.2, 0.25) is 0 Å². The average molecular weight is 332 g/mol. The Balaban J connectivity index is 1.83. The summed E-state index contributed by atoms with van der Waals surface area (Å²) in [7, 11) is 0. The lowest BCUT2D eigenvalue weighted by molar-refractivity contribution is 1.23. The van der Waals surface area contributed by atoms with Crippen molar-refractivity contribution in [2.24, 2.45) is 0 Å². The highest BCUT2D eigenvalue weighted by Gasteiger charge is 2.11. The van der Waals surface area contributed by atoms with Crippen molar-refractivity contribution < 1.29 is 0 Å². The van der Waals surface area contributed by atoms with Crippen molar-refractivity contribution >= 4 is 21.7 Å². The van der Waals surface area contributed by atoms with Crippen LogP contribution < -0.4 is 0 Å². The lowest BCUT2D eigenvalue weighted by Crippen LogP contribution is -1.92. The topological polar surface area (TPSA) is 25.8 Å². The quantitative estimate of drug-likeness (QED) is 0.364. The van der Waals surface area contributed by atoms with E-state index < -0.39 is 0 Å². The van der Waals surface area contributed by atoms with Crippen LogP contribution in [0.25, 0.3) is 44.2 Å². The van der Waals surface area contributed by atoms with Crippen molar-refractivity contribution in [3.05, 3.63) is 97.2 Å². The van der Waals surface area contributed by atoms with Gasteiger partial charge in [0.05, 0.1) is 5.52 Å². The molecule has 1 aromatic heterocycles. The minimum atomic E-state index is 0.757. The number of benzene rings is 4. The molecule has 122 valence electrons. The van der Waals surface area contributed by atoms with Gasteiger partial charge in [-0.25, -0.2) is 9.97 Å². The van der Waals surface area contributed by atoms with Crippen molar-refractivity contribution in [1.82, 2.24) is 9.97 Å². The van der Waals surface area contributed by atoms with E-state index in [0.717, 1.165) is 22.3 Å². The number of rotatable bonds is 2. The lowest BCUT2D eigenvalue weighted by Gasteiger charge is -2.11. The molecule has 0 bridgehead atoms. The summed E-state index contributed by atoms with van der Waals surface area (Å²) in [6.45, 7) is 0. The van der Waals surface area contributed by atoms with E-state index in [-0.39, 0.29) is 0 Å². The van der Waals surface area contributed by atoms with Gasteiger partial charge in [0.2, 0.25) is 0 Å². The Kier molecular flexibility index (Phi) is 3.46. The highest BCUT2D eigenvalue weighted by Crippen LogP contribution is 2.34. The van der Waals surface area contributed by atoms with Crippen LogP contribution in [0.4, 0.5) is 0 Å². The Labute approximate surface area is 151 Å². The molecule has 0 aliphatic rings. The summed E-state index contributed by atoms with van der Waals surface area (Å²) in [6.07, 6.45) is 1.95. The first-order valence-electron chi connectivity index (χ1n) is 8.69. The van der Waals surface area contributed by atoms with Gasteiger partial charge >= 0.3 is 0 Å². The SMILES string of the molecule is c1ccc(-c2ncc3c(cc(-c4ccccc4)c4ccccc43)n2)cc1. The molecule has 2 nitrogen and oxygen atoms in total. The van der Waals surface area contributed by atoms with E-state index in [4.69, 9.17) is 4.98 Å². The molecule has 0 radical (unpaired) electrons. The van der Waals surface area contributed by atoms with Gasteiger partial charge in [-0.05, 0) is 28.0 Å². The third-order valence-electron chi connectivity index (χ3n) is 4.72. The Morgan fingerprint density at radius 1 is 0.538 bits per heavy atom. The fourth-order valence-corrected chi connectivity index (χ4v) is 3.46. The molecule has 5 rings (SSSR count). The smallest absolute Gasteiger partial charge is 0.159 e. The van der Waals surface area contributed by atoms with Gasteiger partial charge in [-0.2, -0.15) is 0 Å². The van der Waals surface area contributed by atoms with Crippen LogP contribution in [-0.2, 0) is 0 Å². The molecule has 0 spiro atoms. The predicted octanol–water partition coefficient (Wildman–Crippen LogP) is 6.12. The molecule has 0 N–H and O–H groups in total. The van der Waals surface area contributed by atoms with E-state index in [2.05, 4.69) is 59.6 Å². The van der Waals surface area contributed by atoms with E-state index in [0.29, 0.717) is 0 Å². The molecule has 2 heteroatoms. The maximum Gasteiger partial charge on any atom is 0.159 e. The van der Waals surface area contributed by atoms with Crippen molar-refractivity contribution in [2.75, 3.05) is 0 Å². The van der Waals surface area contributed by atoms with E-state index in [9.17, 15) is 0 Å². The third kappa shape index (κ3) is 2.44. The lowest BCUT2D eigenvalue weighted by atomic mass is 9.95. The maximum absolute atomic E-state index is 4.87. The molecule has 1 heterocycles. The first-order valence-corrected chi connectivity index (χ1v) is 8.69. The van der Waals surface area contributed by atoms with Gasteiger partial charge in [-0.1, -0.05) is 84.9 Å². The van der Waals surface area contributed by atoms with Gasteiger partial charge in [-0.15, -0.1) is 0 Å². The van der Waals surface area contributed by atoms with Crippen LogP contribution in [0.3, 0.4) is 0 Å². The average Bonchev–Trinajstić information content (AvgIpc) is 2.74. The summed E-state index contributed by atoms with van der Waals surface area (Å²) in [4.78, 5) is 9.49. The molecule has 0 saturated heterocycles. The maximum atomic E-state index is 4.87. The van der Waals surface area contributed by atoms with Gasteiger partial charge in [-0.3, -0.25) is 0 Å². The zero-order chi connectivity index (χ0) is 17.3. The van der Waals surface area contributed by atoms with Crippen LogP contribution in [0.1, 0.15) is 0 Å². The highest BCUT2D eigenvalue weighted by atomic mass is 14.9. The number of nitrogens with zero attached hydrogens (tertiary/aromatic N) is 2. The van der Waals surface area contributed by atoms with Gasteiger partial charge in [0.25, 0.3) is 0 Å². The Bertz CT molecular complexity index is 1210. The minimum absolute atomic E-state index is 0.757. The van der Waals surface area contributed by atoms with E-state index in [1.807, 2.05) is 42.6 Å². The zero-order valence-corrected chi connectivity index (χ0v) is 14.1. The first kappa shape index (κ1) is 14.8. The van der Waals surface area contributed by atoms with Crippen LogP contribution in [-0.4, -0.2) is 9.97 Å². The van der Waals surface area contributed by atoms with E-state index in [1.165, 1.54) is 21.9 Å². The molecule has 0 fully saturated rings. The molecular formula is C24H16N2. The van der Waals surface area contributed by atoms with Gasteiger partial charge < -0.3 is 0 Å². The van der Waals surface area contributed by atoms with Crippen molar-refractivity contribution in [3.8, 4) is 22.5 Å². The summed E-state index contributed by atoms with van der Waals surface area (Å²) >= 11 is 0. The molecule has 0 amide bonds. The Morgan fingerprint density at radius 3 is 1.88 bits per heavy atom. The molecule has 0 unspecified atom stereocenters. The molecule has 0 atom stereocenters. The summed E-state index contributed by atoms with van der Waals surface area (Å²) in [5, 5.41) is 3.49. The molecule has 4 aromatic carbocycles. The highest BCUT2D eigenvalue weighted by molar-refractivity contribution is 6.12. The van der Waals surface area contributed by atoms with Gasteiger partial charge in [0.15, 0.2) is 5.82 Å². The fourth-order valence-electron chi connectivity index (χ4n) is 3.46. The van der Waals surface area contributed by atoms with Crippen LogP contribution >= 0.6 is 0 Å². The van der Waals surface area contributed by atoms with Gasteiger partial charge in [0, 0.05) is 17.1 Å². The number of hydrogen-bond acceptors (Lipinski definition) is 2. The number of aromatic nitrogens is 2. The third-order valence-corrected chi connectivity index (χ3v) is 4.72. The fraction of sp³-hybridized carbons (Fsp3) is 0.